The molecule has 7 nitrogen and oxygen atoms in total. The molecule has 0 aliphatic carbocycles. The van der Waals surface area contributed by atoms with Gasteiger partial charge in [0.2, 0.25) is 0 Å². The number of hydrogen-bond acceptors (Lipinski definition) is 7. The number of ether oxygens (including phenoxy) is 2. The molecule has 1 atom stereocenters. The standard InChI is InChI=1S/C30H29N3O4S/c1-6-37-29(35)25-18(2)31-30-33(27(25)26-22-10-8-7-9-20(22)13-16-23(26)36-5)28(34)24(38-30)17-19-11-14-21(15-12-19)32(3)4/h7-17,27H,6H2,1-5H3/b24-17+/t27-/m0/s1. The first-order chi connectivity index (χ1) is 18.3. The van der Waals surface area contributed by atoms with Crippen molar-refractivity contribution in [1.29, 1.82) is 0 Å². The third-order valence-corrected chi connectivity index (χ3v) is 7.63. The minimum absolute atomic E-state index is 0.211. The van der Waals surface area contributed by atoms with Gasteiger partial charge in [0.1, 0.15) is 11.8 Å². The fraction of sp³-hybridized carbons (Fsp3) is 0.233. The number of methoxy groups -OCH3 is 1. The Balaban J connectivity index is 1.80. The summed E-state index contributed by atoms with van der Waals surface area (Å²) in [6.07, 6.45) is 1.87. The molecule has 1 aliphatic heterocycles. The lowest BCUT2D eigenvalue weighted by Crippen LogP contribution is -2.40. The number of aromatic nitrogens is 1. The second-order valence-electron chi connectivity index (χ2n) is 9.19. The van der Waals surface area contributed by atoms with Crippen molar-refractivity contribution in [2.75, 3.05) is 32.7 Å². The SMILES string of the molecule is CCOC(=O)C1=C(C)N=c2s/c(=C/c3ccc(N(C)C)cc3)c(=O)n2[C@@H]1c1c(OC)ccc2ccccc12. The summed E-state index contributed by atoms with van der Waals surface area (Å²) in [5, 5.41) is 1.87. The summed E-state index contributed by atoms with van der Waals surface area (Å²) in [5.74, 6) is 0.0846. The summed E-state index contributed by atoms with van der Waals surface area (Å²) < 4.78 is 13.4. The molecule has 0 fully saturated rings. The molecule has 0 spiro atoms. The van der Waals surface area contributed by atoms with Crippen molar-refractivity contribution in [1.82, 2.24) is 4.57 Å². The van der Waals surface area contributed by atoms with E-state index in [1.165, 1.54) is 11.3 Å². The Morgan fingerprint density at radius 1 is 1.11 bits per heavy atom. The maximum atomic E-state index is 14.0. The van der Waals surface area contributed by atoms with E-state index in [2.05, 4.69) is 0 Å². The molecule has 0 radical (unpaired) electrons. The maximum Gasteiger partial charge on any atom is 0.338 e. The van der Waals surface area contributed by atoms with Crippen molar-refractivity contribution in [3.63, 3.8) is 0 Å². The van der Waals surface area contributed by atoms with Crippen molar-refractivity contribution in [3.8, 4) is 5.75 Å². The summed E-state index contributed by atoms with van der Waals surface area (Å²) >= 11 is 1.31. The average Bonchev–Trinajstić information content (AvgIpc) is 3.21. The lowest BCUT2D eigenvalue weighted by Gasteiger charge is -2.27. The topological polar surface area (TPSA) is 73.1 Å². The van der Waals surface area contributed by atoms with Gasteiger partial charge in [0.15, 0.2) is 4.80 Å². The van der Waals surface area contributed by atoms with Gasteiger partial charge >= 0.3 is 5.97 Å². The van der Waals surface area contributed by atoms with Gasteiger partial charge in [0.25, 0.3) is 5.56 Å². The number of carbonyl (C=O) groups is 1. The quantitative estimate of drug-likeness (QED) is 0.354. The van der Waals surface area contributed by atoms with Crippen LogP contribution in [0.5, 0.6) is 5.75 Å². The fourth-order valence-corrected chi connectivity index (χ4v) is 5.87. The second kappa shape index (κ2) is 10.3. The summed E-state index contributed by atoms with van der Waals surface area (Å²) in [4.78, 5) is 34.6. The van der Waals surface area contributed by atoms with E-state index in [4.69, 9.17) is 14.5 Å². The van der Waals surface area contributed by atoms with Crippen LogP contribution in [0.2, 0.25) is 0 Å². The van der Waals surface area contributed by atoms with Crippen molar-refractivity contribution < 1.29 is 14.3 Å². The minimum atomic E-state index is -0.760. The molecule has 5 rings (SSSR count). The van der Waals surface area contributed by atoms with E-state index in [1.54, 1.807) is 25.5 Å². The highest BCUT2D eigenvalue weighted by atomic mass is 32.1. The van der Waals surface area contributed by atoms with E-state index in [9.17, 15) is 9.59 Å². The van der Waals surface area contributed by atoms with Crippen LogP contribution < -0.4 is 24.5 Å². The van der Waals surface area contributed by atoms with E-state index in [0.717, 1.165) is 27.6 Å². The Morgan fingerprint density at radius 2 is 1.84 bits per heavy atom. The van der Waals surface area contributed by atoms with Crippen LogP contribution in [0.15, 0.2) is 81.7 Å². The Labute approximate surface area is 224 Å². The van der Waals surface area contributed by atoms with Crippen LogP contribution in [0, 0.1) is 0 Å². The zero-order valence-electron chi connectivity index (χ0n) is 22.0. The predicted molar refractivity (Wildman–Crippen MR) is 152 cm³/mol. The van der Waals surface area contributed by atoms with Crippen LogP contribution in [0.3, 0.4) is 0 Å². The Bertz CT molecular complexity index is 1750. The van der Waals surface area contributed by atoms with Gasteiger partial charge in [-0.2, -0.15) is 0 Å². The van der Waals surface area contributed by atoms with Crippen LogP contribution in [-0.4, -0.2) is 38.3 Å². The molecule has 4 aromatic rings. The highest BCUT2D eigenvalue weighted by molar-refractivity contribution is 7.07. The Hall–Kier alpha value is -4.17. The predicted octanol–water partition coefficient (Wildman–Crippen LogP) is 4.03. The Morgan fingerprint density at radius 3 is 2.53 bits per heavy atom. The number of carbonyl (C=O) groups excluding carboxylic acids is 1. The van der Waals surface area contributed by atoms with Crippen molar-refractivity contribution in [2.24, 2.45) is 4.99 Å². The highest BCUT2D eigenvalue weighted by Gasteiger charge is 2.36. The number of nitrogens with zero attached hydrogens (tertiary/aromatic N) is 3. The van der Waals surface area contributed by atoms with Gasteiger partial charge in [-0.3, -0.25) is 9.36 Å². The van der Waals surface area contributed by atoms with Crippen LogP contribution in [0.4, 0.5) is 5.69 Å². The van der Waals surface area contributed by atoms with E-state index in [0.29, 0.717) is 26.4 Å². The molecule has 0 bridgehead atoms. The normalized spacial score (nSPS) is 15.3. The number of anilines is 1. The highest BCUT2D eigenvalue weighted by Crippen LogP contribution is 2.40. The van der Waals surface area contributed by atoms with E-state index in [1.807, 2.05) is 85.7 Å². The molecule has 1 aromatic heterocycles. The first-order valence-corrected chi connectivity index (χ1v) is 13.2. The van der Waals surface area contributed by atoms with Crippen LogP contribution >= 0.6 is 11.3 Å². The van der Waals surface area contributed by atoms with Gasteiger partial charge in [0, 0.05) is 25.3 Å². The van der Waals surface area contributed by atoms with E-state index < -0.39 is 12.0 Å². The van der Waals surface area contributed by atoms with Crippen LogP contribution in [0.25, 0.3) is 16.8 Å². The number of fused-ring (bicyclic) bond motifs is 2. The molecule has 8 heteroatoms. The number of benzene rings is 3. The summed E-state index contributed by atoms with van der Waals surface area (Å²) in [5.41, 5.74) is 3.33. The second-order valence-corrected chi connectivity index (χ2v) is 10.2. The molecule has 1 aliphatic rings. The number of hydrogen-bond donors (Lipinski definition) is 0. The van der Waals surface area contributed by atoms with Gasteiger partial charge in [0.05, 0.1) is 29.5 Å². The largest absolute Gasteiger partial charge is 0.496 e. The molecule has 3 aromatic carbocycles. The van der Waals surface area contributed by atoms with Crippen molar-refractivity contribution in [3.05, 3.63) is 103 Å². The monoisotopic (exact) mass is 527 g/mol. The zero-order valence-corrected chi connectivity index (χ0v) is 22.8. The summed E-state index contributed by atoms with van der Waals surface area (Å²) in [6.45, 7) is 3.76. The molecular weight excluding hydrogens is 498 g/mol. The van der Waals surface area contributed by atoms with E-state index >= 15 is 0 Å². The molecule has 0 amide bonds. The first kappa shape index (κ1) is 25.5. The average molecular weight is 528 g/mol. The molecule has 0 unspecified atom stereocenters. The maximum absolute atomic E-state index is 14.0. The lowest BCUT2D eigenvalue weighted by atomic mass is 9.90. The molecule has 0 saturated heterocycles. The number of thiazole rings is 1. The van der Waals surface area contributed by atoms with Gasteiger partial charge in [-0.05, 0) is 54.5 Å². The number of rotatable bonds is 6. The van der Waals surface area contributed by atoms with Crippen molar-refractivity contribution in [2.45, 2.75) is 19.9 Å². The van der Waals surface area contributed by atoms with Crippen LogP contribution in [-0.2, 0) is 9.53 Å². The van der Waals surface area contributed by atoms with Crippen LogP contribution in [0.1, 0.15) is 31.0 Å². The molecule has 0 N–H and O–H groups in total. The summed E-state index contributed by atoms with van der Waals surface area (Å²) in [7, 11) is 5.56. The van der Waals surface area contributed by atoms with Crippen molar-refractivity contribution >= 4 is 39.8 Å². The summed E-state index contributed by atoms with van der Waals surface area (Å²) in [6, 6.07) is 18.9. The lowest BCUT2D eigenvalue weighted by molar-refractivity contribution is -0.139. The minimum Gasteiger partial charge on any atom is -0.496 e. The van der Waals surface area contributed by atoms with Gasteiger partial charge in [-0.1, -0.05) is 53.8 Å². The molecule has 0 saturated carbocycles. The number of esters is 1. The third-order valence-electron chi connectivity index (χ3n) is 6.65. The smallest absolute Gasteiger partial charge is 0.338 e. The molecule has 38 heavy (non-hydrogen) atoms. The van der Waals surface area contributed by atoms with E-state index in [-0.39, 0.29) is 12.2 Å². The fourth-order valence-electron chi connectivity index (χ4n) is 4.82. The molecular formula is C30H29N3O4S. The zero-order chi connectivity index (χ0) is 27.0. The molecule has 194 valence electrons. The molecule has 2 heterocycles. The number of allylic oxidation sites excluding steroid dienone is 1. The third kappa shape index (κ3) is 4.41. The van der Waals surface area contributed by atoms with Gasteiger partial charge in [-0.15, -0.1) is 0 Å². The first-order valence-electron chi connectivity index (χ1n) is 12.4. The van der Waals surface area contributed by atoms with Gasteiger partial charge in [-0.25, -0.2) is 9.79 Å². The Kier molecular flexibility index (Phi) is 6.91. The van der Waals surface area contributed by atoms with Gasteiger partial charge < -0.3 is 14.4 Å².